The Morgan fingerprint density at radius 1 is 1.30 bits per heavy atom. The Kier molecular flexibility index (Phi) is 5.74. The number of amides is 1. The van der Waals surface area contributed by atoms with Gasteiger partial charge in [0.15, 0.2) is 0 Å². The van der Waals surface area contributed by atoms with Crippen molar-refractivity contribution in [1.82, 2.24) is 5.32 Å². The lowest BCUT2D eigenvalue weighted by Crippen LogP contribution is -2.50. The van der Waals surface area contributed by atoms with Crippen LogP contribution in [0, 0.1) is 11.3 Å². The largest absolute Gasteiger partial charge is 0.433 e. The molecule has 1 fully saturated rings. The number of carbonyl (C=O) groups is 1. The average molecular weight is 323 g/mol. The number of hydrogen-bond acceptors (Lipinski definition) is 4. The van der Waals surface area contributed by atoms with Gasteiger partial charge in [-0.3, -0.25) is 4.79 Å². The number of benzene rings is 1. The fraction of sp³-hybridized carbons (Fsp3) is 0.500. The molecule has 0 atom stereocenters. The third kappa shape index (κ3) is 4.81. The van der Waals surface area contributed by atoms with E-state index in [-0.39, 0.29) is 18.2 Å². The Hall–Kier alpha value is -2.36. The third-order valence-corrected chi connectivity index (χ3v) is 3.84. The summed E-state index contributed by atoms with van der Waals surface area (Å²) in [6.07, 6.45) is 4.16. The maximum absolute atomic E-state index is 12.3. The molecule has 0 saturated heterocycles. The van der Waals surface area contributed by atoms with Gasteiger partial charge in [0, 0.05) is 0 Å². The van der Waals surface area contributed by atoms with Crippen molar-refractivity contribution in [3.05, 3.63) is 24.3 Å². The zero-order chi connectivity index (χ0) is 16.7. The van der Waals surface area contributed by atoms with Crippen molar-refractivity contribution in [2.75, 3.05) is 11.9 Å². The molecular weight excluding hydrogens is 304 g/mol. The molecule has 5 nitrogen and oxygen atoms in total. The summed E-state index contributed by atoms with van der Waals surface area (Å²) in [4.78, 5) is 12.1. The number of hydrogen-bond donors (Lipinski definition) is 2. The Balaban J connectivity index is 1.93. The van der Waals surface area contributed by atoms with Crippen molar-refractivity contribution in [3.8, 4) is 11.8 Å². The number of ether oxygens (including phenoxy) is 1. The fourth-order valence-electron chi connectivity index (χ4n) is 2.72. The standard InChI is InChI=1S/C16H19F2N3O2/c17-15(18)23-13-7-3-2-6-12(13)20-10-14(22)21-16(11-19)8-4-1-5-9-16/h2-3,6-7,15,20H,1,4-5,8-10H2,(H,21,22). The molecule has 1 aromatic carbocycles. The van der Waals surface area contributed by atoms with E-state index >= 15 is 0 Å². The van der Waals surface area contributed by atoms with E-state index in [1.165, 1.54) is 6.07 Å². The van der Waals surface area contributed by atoms with E-state index < -0.39 is 12.2 Å². The molecule has 2 rings (SSSR count). The molecule has 1 aliphatic rings. The van der Waals surface area contributed by atoms with Crippen molar-refractivity contribution in [2.24, 2.45) is 0 Å². The number of nitrogens with one attached hydrogen (secondary N) is 2. The predicted octanol–water partition coefficient (Wildman–Crippen LogP) is 3.04. The van der Waals surface area contributed by atoms with Crippen LogP contribution in [0.3, 0.4) is 0 Å². The Labute approximate surface area is 133 Å². The molecule has 1 saturated carbocycles. The van der Waals surface area contributed by atoms with Gasteiger partial charge in [-0.2, -0.15) is 14.0 Å². The zero-order valence-electron chi connectivity index (χ0n) is 12.6. The molecule has 23 heavy (non-hydrogen) atoms. The zero-order valence-corrected chi connectivity index (χ0v) is 12.6. The first kappa shape index (κ1) is 17.0. The van der Waals surface area contributed by atoms with Gasteiger partial charge in [-0.15, -0.1) is 0 Å². The Morgan fingerprint density at radius 2 is 2.00 bits per heavy atom. The van der Waals surface area contributed by atoms with Gasteiger partial charge in [0.05, 0.1) is 18.3 Å². The Morgan fingerprint density at radius 3 is 2.65 bits per heavy atom. The number of nitrogens with zero attached hydrogens (tertiary/aromatic N) is 1. The summed E-state index contributed by atoms with van der Waals surface area (Å²) < 4.78 is 29.1. The van der Waals surface area contributed by atoms with Gasteiger partial charge in [0.2, 0.25) is 5.91 Å². The molecule has 124 valence electrons. The van der Waals surface area contributed by atoms with Crippen LogP contribution in [0.25, 0.3) is 0 Å². The highest BCUT2D eigenvalue weighted by atomic mass is 19.3. The highest BCUT2D eigenvalue weighted by Crippen LogP contribution is 2.28. The number of rotatable bonds is 6. The van der Waals surface area contributed by atoms with Gasteiger partial charge < -0.3 is 15.4 Å². The van der Waals surface area contributed by atoms with Crippen LogP contribution in [-0.2, 0) is 4.79 Å². The summed E-state index contributed by atoms with van der Waals surface area (Å²) in [6, 6.07) is 8.36. The predicted molar refractivity (Wildman–Crippen MR) is 81.1 cm³/mol. The molecule has 2 N–H and O–H groups in total. The second-order valence-electron chi connectivity index (χ2n) is 5.53. The molecule has 0 radical (unpaired) electrons. The van der Waals surface area contributed by atoms with E-state index in [9.17, 15) is 18.8 Å². The molecule has 1 aliphatic carbocycles. The lowest BCUT2D eigenvalue weighted by atomic mass is 9.83. The lowest BCUT2D eigenvalue weighted by molar-refractivity contribution is -0.121. The van der Waals surface area contributed by atoms with Crippen molar-refractivity contribution in [1.29, 1.82) is 5.26 Å². The van der Waals surface area contributed by atoms with Crippen LogP contribution in [0.15, 0.2) is 24.3 Å². The maximum atomic E-state index is 12.3. The van der Waals surface area contributed by atoms with E-state index in [1.54, 1.807) is 18.2 Å². The second kappa shape index (κ2) is 7.77. The lowest BCUT2D eigenvalue weighted by Gasteiger charge is -2.31. The molecule has 0 aliphatic heterocycles. The summed E-state index contributed by atoms with van der Waals surface area (Å²) in [6.45, 7) is -3.05. The van der Waals surface area contributed by atoms with Gasteiger partial charge >= 0.3 is 6.61 Å². The van der Waals surface area contributed by atoms with Gasteiger partial charge in [-0.25, -0.2) is 0 Å². The molecular formula is C16H19F2N3O2. The molecule has 0 bridgehead atoms. The van der Waals surface area contributed by atoms with E-state index in [1.807, 2.05) is 0 Å². The van der Waals surface area contributed by atoms with E-state index in [4.69, 9.17) is 0 Å². The number of alkyl halides is 2. The van der Waals surface area contributed by atoms with Gasteiger partial charge in [-0.1, -0.05) is 31.4 Å². The number of carbonyl (C=O) groups excluding carboxylic acids is 1. The first-order valence-corrected chi connectivity index (χ1v) is 7.55. The summed E-state index contributed by atoms with van der Waals surface area (Å²) >= 11 is 0. The van der Waals surface area contributed by atoms with Gasteiger partial charge in [0.1, 0.15) is 11.3 Å². The quantitative estimate of drug-likeness (QED) is 0.844. The summed E-state index contributed by atoms with van der Waals surface area (Å²) in [7, 11) is 0. The monoisotopic (exact) mass is 323 g/mol. The highest BCUT2D eigenvalue weighted by molar-refractivity contribution is 5.82. The van der Waals surface area contributed by atoms with Crippen LogP contribution in [0.1, 0.15) is 32.1 Å². The first-order valence-electron chi connectivity index (χ1n) is 7.55. The number of halogens is 2. The molecule has 1 aromatic rings. The van der Waals surface area contributed by atoms with E-state index in [0.29, 0.717) is 18.5 Å². The minimum Gasteiger partial charge on any atom is -0.433 e. The van der Waals surface area contributed by atoms with Crippen LogP contribution >= 0.6 is 0 Å². The van der Waals surface area contributed by atoms with Gasteiger partial charge in [-0.05, 0) is 25.0 Å². The number of nitriles is 1. The fourth-order valence-corrected chi connectivity index (χ4v) is 2.72. The van der Waals surface area contributed by atoms with Crippen LogP contribution in [0.2, 0.25) is 0 Å². The molecule has 0 unspecified atom stereocenters. The smallest absolute Gasteiger partial charge is 0.387 e. The van der Waals surface area contributed by atoms with Crippen LogP contribution in [-0.4, -0.2) is 24.6 Å². The topological polar surface area (TPSA) is 74.2 Å². The van der Waals surface area contributed by atoms with Crippen molar-refractivity contribution < 1.29 is 18.3 Å². The first-order chi connectivity index (χ1) is 11.0. The molecule has 1 amide bonds. The minimum absolute atomic E-state index is 0.0250. The van der Waals surface area contributed by atoms with E-state index in [2.05, 4.69) is 21.4 Å². The molecule has 7 heteroatoms. The summed E-state index contributed by atoms with van der Waals surface area (Å²) in [5.74, 6) is -0.372. The highest BCUT2D eigenvalue weighted by Gasteiger charge is 2.33. The normalized spacial score (nSPS) is 16.4. The van der Waals surface area contributed by atoms with Crippen molar-refractivity contribution in [2.45, 2.75) is 44.3 Å². The van der Waals surface area contributed by atoms with E-state index in [0.717, 1.165) is 19.3 Å². The van der Waals surface area contributed by atoms with Crippen molar-refractivity contribution >= 4 is 11.6 Å². The number of para-hydroxylation sites is 2. The summed E-state index contributed by atoms with van der Waals surface area (Å²) in [5, 5.41) is 14.9. The maximum Gasteiger partial charge on any atom is 0.387 e. The molecule has 0 spiro atoms. The van der Waals surface area contributed by atoms with Crippen LogP contribution in [0.5, 0.6) is 5.75 Å². The summed E-state index contributed by atoms with van der Waals surface area (Å²) in [5.41, 5.74) is -0.506. The number of anilines is 1. The Bertz CT molecular complexity index is 581. The minimum atomic E-state index is -2.93. The average Bonchev–Trinajstić information content (AvgIpc) is 2.54. The van der Waals surface area contributed by atoms with Crippen molar-refractivity contribution in [3.63, 3.8) is 0 Å². The second-order valence-corrected chi connectivity index (χ2v) is 5.53. The van der Waals surface area contributed by atoms with Crippen LogP contribution in [0.4, 0.5) is 14.5 Å². The molecule has 0 heterocycles. The third-order valence-electron chi connectivity index (χ3n) is 3.84. The van der Waals surface area contributed by atoms with Crippen LogP contribution < -0.4 is 15.4 Å². The SMILES string of the molecule is N#CC1(NC(=O)CNc2ccccc2OC(F)F)CCCCC1. The van der Waals surface area contributed by atoms with Gasteiger partial charge in [0.25, 0.3) is 0 Å². The molecule has 0 aromatic heterocycles.